The highest BCUT2D eigenvalue weighted by Gasteiger charge is 2.47. The first-order valence-corrected chi connectivity index (χ1v) is 6.75. The summed E-state index contributed by atoms with van der Waals surface area (Å²) in [4.78, 5) is 32.3. The number of aliphatic hydroxyl groups excluding tert-OH is 3. The van der Waals surface area contributed by atoms with Crippen molar-refractivity contribution in [3.63, 3.8) is 0 Å². The molecule has 0 amide bonds. The molecule has 0 radical (unpaired) electrons. The first-order valence-electron chi connectivity index (χ1n) is 6.75. The van der Waals surface area contributed by atoms with E-state index < -0.39 is 48.6 Å². The Balaban J connectivity index is 6.32. The maximum atomic E-state index is 10.8. The van der Waals surface area contributed by atoms with E-state index in [1.54, 1.807) is 0 Å². The minimum absolute atomic E-state index is 0.283. The molecule has 0 aliphatic rings. The molecule has 9 nitrogen and oxygen atoms in total. The van der Waals surface area contributed by atoms with Crippen molar-refractivity contribution in [3.05, 3.63) is 36.5 Å². The van der Waals surface area contributed by atoms with Crippen LogP contribution in [-0.2, 0) is 14.4 Å². The van der Waals surface area contributed by atoms with E-state index >= 15 is 0 Å². The Labute approximate surface area is 137 Å². The van der Waals surface area contributed by atoms with Crippen LogP contribution in [0.3, 0.4) is 0 Å². The van der Waals surface area contributed by atoms with Crippen molar-refractivity contribution in [1.82, 2.24) is 0 Å². The summed E-state index contributed by atoms with van der Waals surface area (Å²) in [5, 5.41) is 55.2. The molecule has 134 valence electrons. The van der Waals surface area contributed by atoms with Gasteiger partial charge in [-0.3, -0.25) is 0 Å². The van der Waals surface area contributed by atoms with Gasteiger partial charge in [0.05, 0.1) is 25.2 Å². The summed E-state index contributed by atoms with van der Waals surface area (Å²) in [6.07, 6.45) is 4.90. The van der Waals surface area contributed by atoms with E-state index in [9.17, 15) is 29.7 Å². The lowest BCUT2D eigenvalue weighted by molar-refractivity contribution is -0.132. The number of aliphatic carboxylic acids is 3. The van der Waals surface area contributed by atoms with E-state index in [2.05, 4.69) is 0 Å². The third kappa shape index (κ3) is 5.61. The number of aliphatic hydroxyl groups is 3. The van der Waals surface area contributed by atoms with E-state index in [0.717, 1.165) is 24.3 Å². The molecule has 0 saturated heterocycles. The van der Waals surface area contributed by atoms with Gasteiger partial charge < -0.3 is 30.6 Å². The normalized spacial score (nSPS) is 15.1. The number of rotatable bonds is 11. The van der Waals surface area contributed by atoms with Crippen LogP contribution in [0.1, 0.15) is 6.42 Å². The fourth-order valence-electron chi connectivity index (χ4n) is 2.15. The molecule has 0 atom stereocenters. The molecule has 24 heavy (non-hydrogen) atoms. The van der Waals surface area contributed by atoms with Gasteiger partial charge in [-0.2, -0.15) is 0 Å². The fourth-order valence-corrected chi connectivity index (χ4v) is 2.15. The van der Waals surface area contributed by atoms with Crippen LogP contribution in [0.5, 0.6) is 0 Å². The molecular weight excluding hydrogens is 324 g/mol. The Morgan fingerprint density at radius 3 is 1.38 bits per heavy atom. The van der Waals surface area contributed by atoms with E-state index in [-0.39, 0.29) is 6.42 Å². The van der Waals surface area contributed by atoms with Crippen molar-refractivity contribution in [1.29, 1.82) is 0 Å². The average molecular weight is 344 g/mol. The maximum Gasteiger partial charge on any atom is 0.328 e. The summed E-state index contributed by atoms with van der Waals surface area (Å²) in [7, 11) is 0. The van der Waals surface area contributed by atoms with E-state index in [4.69, 9.17) is 15.3 Å². The van der Waals surface area contributed by atoms with Gasteiger partial charge in [0.25, 0.3) is 0 Å². The van der Waals surface area contributed by atoms with Crippen LogP contribution in [0, 0.1) is 10.8 Å². The van der Waals surface area contributed by atoms with Gasteiger partial charge in [-0.25, -0.2) is 14.4 Å². The molecule has 0 rings (SSSR count). The highest BCUT2D eigenvalue weighted by atomic mass is 16.4. The van der Waals surface area contributed by atoms with E-state index in [1.165, 1.54) is 0 Å². The molecular formula is C15H20O9. The lowest BCUT2D eigenvalue weighted by Gasteiger charge is -2.44. The lowest BCUT2D eigenvalue weighted by Crippen LogP contribution is -2.48. The molecule has 0 unspecified atom stereocenters. The minimum atomic E-state index is -1.73. The average Bonchev–Trinajstić information content (AvgIpc) is 2.52. The topological polar surface area (TPSA) is 173 Å². The third-order valence-electron chi connectivity index (χ3n) is 3.66. The van der Waals surface area contributed by atoms with Crippen LogP contribution < -0.4 is 0 Å². The van der Waals surface area contributed by atoms with Crippen molar-refractivity contribution in [3.8, 4) is 0 Å². The van der Waals surface area contributed by atoms with Gasteiger partial charge in [0, 0.05) is 23.6 Å². The van der Waals surface area contributed by atoms with Gasteiger partial charge in [-0.15, -0.1) is 0 Å². The molecule has 0 aromatic rings. The fraction of sp³-hybridized carbons (Fsp3) is 0.400. The van der Waals surface area contributed by atoms with Crippen LogP contribution in [0.2, 0.25) is 0 Å². The summed E-state index contributed by atoms with van der Waals surface area (Å²) in [6.45, 7) is -2.43. The van der Waals surface area contributed by atoms with Crippen molar-refractivity contribution >= 4 is 17.9 Å². The standard InChI is InChI=1S/C15H20O9/c16-8-15(9-17,10-18)14(6-3-12(21)22,7-4-13(23)24)5-1-2-11(19)20/h1-4,6-7,16-18H,5,8-10H2,(H,19,20)(H,21,22)(H,23,24). The monoisotopic (exact) mass is 344 g/mol. The Bertz CT molecular complexity index is 509. The van der Waals surface area contributed by atoms with Gasteiger partial charge in [0.2, 0.25) is 0 Å². The molecule has 0 spiro atoms. The van der Waals surface area contributed by atoms with Crippen LogP contribution in [0.25, 0.3) is 0 Å². The largest absolute Gasteiger partial charge is 0.478 e. The number of carboxylic acids is 3. The minimum Gasteiger partial charge on any atom is -0.478 e. The smallest absolute Gasteiger partial charge is 0.328 e. The Morgan fingerprint density at radius 1 is 0.708 bits per heavy atom. The Morgan fingerprint density at radius 2 is 1.08 bits per heavy atom. The lowest BCUT2D eigenvalue weighted by atomic mass is 9.61. The summed E-state index contributed by atoms with van der Waals surface area (Å²) in [5.74, 6) is -4.06. The second-order valence-corrected chi connectivity index (χ2v) is 5.08. The summed E-state index contributed by atoms with van der Waals surface area (Å²) >= 11 is 0. The van der Waals surface area contributed by atoms with Crippen LogP contribution in [0.15, 0.2) is 36.5 Å². The molecule has 0 bridgehead atoms. The summed E-state index contributed by atoms with van der Waals surface area (Å²) in [6, 6.07) is 0. The van der Waals surface area contributed by atoms with E-state index in [1.807, 2.05) is 0 Å². The zero-order valence-corrected chi connectivity index (χ0v) is 12.7. The van der Waals surface area contributed by atoms with Gasteiger partial charge in [0.15, 0.2) is 0 Å². The third-order valence-corrected chi connectivity index (χ3v) is 3.66. The van der Waals surface area contributed by atoms with Crippen LogP contribution in [-0.4, -0.2) is 68.4 Å². The highest BCUT2D eigenvalue weighted by Crippen LogP contribution is 2.45. The molecule has 6 N–H and O–H groups in total. The number of carboxylic acid groups (broad SMARTS) is 3. The number of carbonyl (C=O) groups is 3. The van der Waals surface area contributed by atoms with E-state index in [0.29, 0.717) is 12.2 Å². The number of hydrogen-bond donors (Lipinski definition) is 6. The molecule has 0 aromatic carbocycles. The predicted molar refractivity (Wildman–Crippen MR) is 81.1 cm³/mol. The summed E-state index contributed by atoms with van der Waals surface area (Å²) < 4.78 is 0. The molecule has 0 saturated carbocycles. The van der Waals surface area contributed by atoms with Crippen molar-refractivity contribution < 1.29 is 45.0 Å². The molecule has 0 heterocycles. The second kappa shape index (κ2) is 9.60. The van der Waals surface area contributed by atoms with Crippen molar-refractivity contribution in [2.24, 2.45) is 10.8 Å². The molecule has 0 fully saturated rings. The van der Waals surface area contributed by atoms with Gasteiger partial charge in [0.1, 0.15) is 0 Å². The van der Waals surface area contributed by atoms with Gasteiger partial charge in [-0.05, 0) is 6.42 Å². The molecule has 0 aliphatic heterocycles. The van der Waals surface area contributed by atoms with Gasteiger partial charge in [-0.1, -0.05) is 18.2 Å². The number of allylic oxidation sites excluding steroid dienone is 3. The maximum absolute atomic E-state index is 10.8. The first kappa shape index (κ1) is 21.5. The Hall–Kier alpha value is -2.49. The van der Waals surface area contributed by atoms with Crippen LogP contribution >= 0.6 is 0 Å². The SMILES string of the molecule is O=C(O)C=CCC(C=CC(=O)O)(C=CC(=O)O)C(CO)(CO)CO. The Kier molecular flexibility index (Phi) is 8.61. The first-order chi connectivity index (χ1) is 11.2. The van der Waals surface area contributed by atoms with Crippen molar-refractivity contribution in [2.45, 2.75) is 6.42 Å². The molecule has 0 aliphatic carbocycles. The molecule has 0 aromatic heterocycles. The quantitative estimate of drug-likeness (QED) is 0.264. The number of hydrogen-bond acceptors (Lipinski definition) is 6. The zero-order valence-electron chi connectivity index (χ0n) is 12.7. The molecule has 9 heteroatoms. The second-order valence-electron chi connectivity index (χ2n) is 5.08. The highest BCUT2D eigenvalue weighted by molar-refractivity contribution is 5.81. The predicted octanol–water partition coefficient (Wildman–Crippen LogP) is -0.751. The summed E-state index contributed by atoms with van der Waals surface area (Å²) in [5.41, 5.74) is -3.39. The van der Waals surface area contributed by atoms with Crippen LogP contribution in [0.4, 0.5) is 0 Å². The zero-order chi connectivity index (χ0) is 18.8. The van der Waals surface area contributed by atoms with Gasteiger partial charge >= 0.3 is 17.9 Å². The van der Waals surface area contributed by atoms with Crippen molar-refractivity contribution in [2.75, 3.05) is 19.8 Å².